The molecule has 0 saturated heterocycles. The molecular formula is C14H18O3S. The third-order valence-corrected chi connectivity index (χ3v) is 3.54. The fourth-order valence-corrected chi connectivity index (χ4v) is 2.25. The Morgan fingerprint density at radius 3 is 2.39 bits per heavy atom. The number of carbonyl (C=O) groups is 2. The van der Waals surface area contributed by atoms with Crippen molar-refractivity contribution in [3.8, 4) is 0 Å². The monoisotopic (exact) mass is 266 g/mol. The molecule has 0 amide bonds. The van der Waals surface area contributed by atoms with E-state index in [-0.39, 0.29) is 18.1 Å². The van der Waals surface area contributed by atoms with Crippen molar-refractivity contribution in [1.29, 1.82) is 0 Å². The van der Waals surface area contributed by atoms with Crippen molar-refractivity contribution in [2.24, 2.45) is 5.92 Å². The van der Waals surface area contributed by atoms with E-state index in [2.05, 4.69) is 12.6 Å². The number of benzene rings is 1. The molecule has 0 heterocycles. The Hall–Kier alpha value is -1.29. The summed E-state index contributed by atoms with van der Waals surface area (Å²) in [4.78, 5) is 22.8. The van der Waals surface area contributed by atoms with E-state index in [1.165, 1.54) is 0 Å². The Labute approximate surface area is 113 Å². The second-order valence-electron chi connectivity index (χ2n) is 4.25. The van der Waals surface area contributed by atoms with Gasteiger partial charge < -0.3 is 5.11 Å². The molecule has 0 fully saturated rings. The molecule has 1 unspecified atom stereocenters. The van der Waals surface area contributed by atoms with E-state index < -0.39 is 11.2 Å². The van der Waals surface area contributed by atoms with Crippen LogP contribution in [0.15, 0.2) is 30.3 Å². The zero-order valence-electron chi connectivity index (χ0n) is 10.4. The highest BCUT2D eigenvalue weighted by molar-refractivity contribution is 7.81. The summed E-state index contributed by atoms with van der Waals surface area (Å²) in [5.74, 6) is -1.09. The zero-order chi connectivity index (χ0) is 13.5. The van der Waals surface area contributed by atoms with Crippen molar-refractivity contribution in [3.05, 3.63) is 35.9 Å². The average Bonchev–Trinajstić information content (AvgIpc) is 2.39. The van der Waals surface area contributed by atoms with Crippen LogP contribution in [0.1, 0.15) is 37.0 Å². The molecule has 98 valence electrons. The van der Waals surface area contributed by atoms with Crippen LogP contribution in [0.3, 0.4) is 0 Å². The van der Waals surface area contributed by atoms with Crippen molar-refractivity contribution >= 4 is 24.4 Å². The molecule has 0 aromatic heterocycles. The zero-order valence-corrected chi connectivity index (χ0v) is 11.3. The topological polar surface area (TPSA) is 54.4 Å². The smallest absolute Gasteiger partial charge is 0.303 e. The highest BCUT2D eigenvalue weighted by Crippen LogP contribution is 2.27. The van der Waals surface area contributed by atoms with Crippen molar-refractivity contribution in [1.82, 2.24) is 0 Å². The van der Waals surface area contributed by atoms with Crippen molar-refractivity contribution in [2.45, 2.75) is 31.4 Å². The van der Waals surface area contributed by atoms with Gasteiger partial charge >= 0.3 is 5.97 Å². The summed E-state index contributed by atoms with van der Waals surface area (Å²) in [7, 11) is 0. The van der Waals surface area contributed by atoms with E-state index in [1.54, 1.807) is 0 Å². The minimum Gasteiger partial charge on any atom is -0.481 e. The number of carboxylic acid groups (broad SMARTS) is 1. The Morgan fingerprint density at radius 2 is 1.89 bits per heavy atom. The summed E-state index contributed by atoms with van der Waals surface area (Å²) in [6.07, 6.45) is 1.06. The number of aliphatic carboxylic acids is 1. The molecule has 1 aromatic rings. The largest absolute Gasteiger partial charge is 0.481 e. The molecule has 1 N–H and O–H groups in total. The average molecular weight is 266 g/mol. The highest BCUT2D eigenvalue weighted by Gasteiger charge is 2.24. The van der Waals surface area contributed by atoms with Crippen LogP contribution in [-0.4, -0.2) is 16.9 Å². The molecule has 1 aromatic carbocycles. The van der Waals surface area contributed by atoms with Gasteiger partial charge in [0, 0.05) is 12.3 Å². The standard InChI is InChI=1S/C14H18O3S/c1-2-10(8-9-12(15)16)13(17)14(18)11-6-4-3-5-7-11/h3-7,10,14,18H,2,8-9H2,1H3,(H,15,16)/t10?,14-/m0/s1. The van der Waals surface area contributed by atoms with E-state index in [0.29, 0.717) is 12.8 Å². The second kappa shape index (κ2) is 7.21. The van der Waals surface area contributed by atoms with Crippen LogP contribution in [0, 0.1) is 5.92 Å². The lowest BCUT2D eigenvalue weighted by Gasteiger charge is -2.17. The Balaban J connectivity index is 2.69. The number of Topliss-reactive ketones (excluding diaryl/α,β-unsaturated/α-hetero) is 1. The minimum atomic E-state index is -0.864. The third kappa shape index (κ3) is 4.18. The summed E-state index contributed by atoms with van der Waals surface area (Å²) in [6.45, 7) is 1.90. The van der Waals surface area contributed by atoms with Crippen molar-refractivity contribution in [2.75, 3.05) is 0 Å². The fourth-order valence-electron chi connectivity index (χ4n) is 1.87. The van der Waals surface area contributed by atoms with Gasteiger partial charge in [-0.15, -0.1) is 0 Å². The quantitative estimate of drug-likeness (QED) is 0.746. The maximum atomic E-state index is 12.2. The maximum absolute atomic E-state index is 12.2. The first-order valence-electron chi connectivity index (χ1n) is 6.04. The van der Waals surface area contributed by atoms with Gasteiger partial charge in [-0.1, -0.05) is 37.3 Å². The van der Waals surface area contributed by atoms with Gasteiger partial charge in [0.15, 0.2) is 5.78 Å². The van der Waals surface area contributed by atoms with Crippen molar-refractivity contribution < 1.29 is 14.7 Å². The Kier molecular flexibility index (Phi) is 5.92. The summed E-state index contributed by atoms with van der Waals surface area (Å²) in [5, 5.41) is 8.20. The van der Waals surface area contributed by atoms with Crippen LogP contribution in [0.4, 0.5) is 0 Å². The van der Waals surface area contributed by atoms with E-state index >= 15 is 0 Å². The predicted molar refractivity (Wildman–Crippen MR) is 73.8 cm³/mol. The number of rotatable bonds is 7. The molecule has 3 nitrogen and oxygen atoms in total. The van der Waals surface area contributed by atoms with Gasteiger partial charge in [-0.2, -0.15) is 12.6 Å². The number of carboxylic acids is 1. The van der Waals surface area contributed by atoms with Crippen LogP contribution in [0.25, 0.3) is 0 Å². The maximum Gasteiger partial charge on any atom is 0.303 e. The predicted octanol–water partition coefficient (Wildman–Crippen LogP) is 3.12. The number of ketones is 1. The van der Waals surface area contributed by atoms with Gasteiger partial charge in [0.25, 0.3) is 0 Å². The molecule has 0 aliphatic rings. The van der Waals surface area contributed by atoms with Crippen LogP contribution in [0.2, 0.25) is 0 Å². The lowest BCUT2D eigenvalue weighted by molar-refractivity contribution is -0.137. The van der Waals surface area contributed by atoms with Gasteiger partial charge in [-0.3, -0.25) is 9.59 Å². The SMILES string of the molecule is CCC(CCC(=O)O)C(=O)[C@@H](S)c1ccccc1. The van der Waals surface area contributed by atoms with E-state index in [0.717, 1.165) is 5.56 Å². The van der Waals surface area contributed by atoms with Crippen LogP contribution in [-0.2, 0) is 9.59 Å². The van der Waals surface area contributed by atoms with Gasteiger partial charge in [-0.05, 0) is 18.4 Å². The molecule has 0 bridgehead atoms. The van der Waals surface area contributed by atoms with Crippen molar-refractivity contribution in [3.63, 3.8) is 0 Å². The molecule has 18 heavy (non-hydrogen) atoms. The van der Waals surface area contributed by atoms with Gasteiger partial charge in [0.05, 0.1) is 5.25 Å². The number of thiol groups is 1. The third-order valence-electron chi connectivity index (χ3n) is 2.99. The van der Waals surface area contributed by atoms with Gasteiger partial charge in [0.2, 0.25) is 0 Å². The number of carbonyl (C=O) groups excluding carboxylic acids is 1. The van der Waals surface area contributed by atoms with Crippen LogP contribution >= 0.6 is 12.6 Å². The Bertz CT molecular complexity index is 403. The van der Waals surface area contributed by atoms with Gasteiger partial charge in [0.1, 0.15) is 0 Å². The van der Waals surface area contributed by atoms with E-state index in [9.17, 15) is 9.59 Å². The van der Waals surface area contributed by atoms with E-state index in [1.807, 2.05) is 37.3 Å². The highest BCUT2D eigenvalue weighted by atomic mass is 32.1. The number of hydrogen-bond acceptors (Lipinski definition) is 3. The minimum absolute atomic E-state index is 0.00767. The summed E-state index contributed by atoms with van der Waals surface area (Å²) < 4.78 is 0. The number of hydrogen-bond donors (Lipinski definition) is 2. The molecule has 1 rings (SSSR count). The molecule has 0 saturated carbocycles. The molecule has 0 radical (unpaired) electrons. The van der Waals surface area contributed by atoms with E-state index in [4.69, 9.17) is 5.11 Å². The molecule has 0 aliphatic heterocycles. The first-order valence-corrected chi connectivity index (χ1v) is 6.56. The first kappa shape index (κ1) is 14.8. The molecule has 4 heteroatoms. The summed E-state index contributed by atoms with van der Waals surface area (Å²) >= 11 is 4.36. The van der Waals surface area contributed by atoms with Crippen LogP contribution in [0.5, 0.6) is 0 Å². The molecule has 2 atom stereocenters. The van der Waals surface area contributed by atoms with Crippen LogP contribution < -0.4 is 0 Å². The fraction of sp³-hybridized carbons (Fsp3) is 0.429. The lowest BCUT2D eigenvalue weighted by atomic mass is 9.91. The lowest BCUT2D eigenvalue weighted by Crippen LogP contribution is -2.19. The molecular weight excluding hydrogens is 248 g/mol. The van der Waals surface area contributed by atoms with Gasteiger partial charge in [-0.25, -0.2) is 0 Å². The molecule has 0 spiro atoms. The first-order chi connectivity index (χ1) is 8.56. The summed E-state index contributed by atoms with van der Waals surface area (Å²) in [6, 6.07) is 9.34. The Morgan fingerprint density at radius 1 is 1.28 bits per heavy atom. The second-order valence-corrected chi connectivity index (χ2v) is 4.77. The summed E-state index contributed by atoms with van der Waals surface area (Å²) in [5.41, 5.74) is 0.861. The molecule has 0 aliphatic carbocycles. The normalized spacial score (nSPS) is 13.9.